The van der Waals surface area contributed by atoms with Crippen molar-refractivity contribution in [3.63, 3.8) is 0 Å². The van der Waals surface area contributed by atoms with E-state index in [4.69, 9.17) is 23.2 Å². The van der Waals surface area contributed by atoms with Crippen LogP contribution in [0.5, 0.6) is 0 Å². The van der Waals surface area contributed by atoms with Crippen LogP contribution in [0.15, 0.2) is 70.5 Å². The second-order valence-electron chi connectivity index (χ2n) is 3.71. The summed E-state index contributed by atoms with van der Waals surface area (Å²) in [6.07, 6.45) is 0. The Balaban J connectivity index is 2.77. The summed E-state index contributed by atoms with van der Waals surface area (Å²) in [5, 5.41) is 0. The number of rotatable bonds is 2. The molecule has 0 aliphatic rings. The predicted molar refractivity (Wildman–Crippen MR) is 79.5 cm³/mol. The highest BCUT2D eigenvalue weighted by molar-refractivity contribution is 8.58. The Kier molecular flexibility index (Phi) is 4.30. The number of hydrogen-bond acceptors (Lipinski definition) is 2. The monoisotopic (exact) mass is 312 g/mol. The molecule has 2 nitrogen and oxygen atoms in total. The van der Waals surface area contributed by atoms with E-state index in [1.165, 1.54) is 0 Å². The first-order valence-electron chi connectivity index (χ1n) is 5.42. The van der Waals surface area contributed by atoms with E-state index >= 15 is 0 Å². The molecule has 19 heavy (non-hydrogen) atoms. The van der Waals surface area contributed by atoms with E-state index < -0.39 is 19.2 Å². The SMILES string of the molecule is O=C(Cl)S(C(=O)Cl)(c1ccccc1)c1ccccc1. The molecule has 2 aromatic rings. The Morgan fingerprint density at radius 2 is 1.00 bits per heavy atom. The van der Waals surface area contributed by atoms with Gasteiger partial charge < -0.3 is 0 Å². The van der Waals surface area contributed by atoms with Crippen LogP contribution in [0.25, 0.3) is 0 Å². The summed E-state index contributed by atoms with van der Waals surface area (Å²) in [5.41, 5.74) is 0. The molecule has 2 aromatic carbocycles. The van der Waals surface area contributed by atoms with Gasteiger partial charge in [0.2, 0.25) is 0 Å². The molecule has 2 rings (SSSR count). The molecule has 0 N–H and O–H groups in total. The van der Waals surface area contributed by atoms with Gasteiger partial charge in [-0.2, -0.15) is 0 Å². The Hall–Kier alpha value is -1.29. The Morgan fingerprint density at radius 1 is 0.684 bits per heavy atom. The zero-order valence-electron chi connectivity index (χ0n) is 9.75. The third kappa shape index (κ3) is 2.41. The average molecular weight is 313 g/mol. The second-order valence-corrected chi connectivity index (χ2v) is 7.76. The topological polar surface area (TPSA) is 34.1 Å². The fraction of sp³-hybridized carbons (Fsp3) is 0. The number of hydrogen-bond donors (Lipinski definition) is 0. The quantitative estimate of drug-likeness (QED) is 0.674. The van der Waals surface area contributed by atoms with Crippen molar-refractivity contribution in [1.82, 2.24) is 0 Å². The summed E-state index contributed by atoms with van der Waals surface area (Å²) >= 11 is 11.5. The highest BCUT2D eigenvalue weighted by atomic mass is 35.5. The van der Waals surface area contributed by atoms with E-state index in [1.54, 1.807) is 60.7 Å². The van der Waals surface area contributed by atoms with Gasteiger partial charge in [0.15, 0.2) is 0 Å². The number of carbonyl (C=O) groups excluding carboxylic acids is 2. The molecule has 0 heterocycles. The molecule has 0 fully saturated rings. The number of benzene rings is 2. The summed E-state index contributed by atoms with van der Waals surface area (Å²) < 4.78 is -1.46. The van der Waals surface area contributed by atoms with Crippen molar-refractivity contribution in [3.8, 4) is 0 Å². The lowest BCUT2D eigenvalue weighted by Gasteiger charge is -2.32. The Labute approximate surface area is 122 Å². The Morgan fingerprint density at radius 3 is 1.26 bits per heavy atom. The fourth-order valence-electron chi connectivity index (χ4n) is 1.82. The first-order chi connectivity index (χ1) is 9.10. The maximum absolute atomic E-state index is 12.0. The van der Waals surface area contributed by atoms with Crippen LogP contribution >= 0.6 is 33.2 Å². The molecule has 0 unspecified atom stereocenters. The number of halogens is 2. The van der Waals surface area contributed by atoms with Crippen LogP contribution in [0.4, 0.5) is 9.59 Å². The van der Waals surface area contributed by atoms with Crippen LogP contribution in [-0.4, -0.2) is 9.15 Å². The molecular weight excluding hydrogens is 303 g/mol. The highest BCUT2D eigenvalue weighted by Gasteiger charge is 2.41. The van der Waals surface area contributed by atoms with Crippen molar-refractivity contribution in [2.24, 2.45) is 0 Å². The van der Waals surface area contributed by atoms with Crippen molar-refractivity contribution in [3.05, 3.63) is 60.7 Å². The van der Waals surface area contributed by atoms with Crippen LogP contribution in [0.2, 0.25) is 0 Å². The van der Waals surface area contributed by atoms with Gasteiger partial charge in [0.25, 0.3) is 9.15 Å². The average Bonchev–Trinajstić information content (AvgIpc) is 2.41. The molecule has 0 spiro atoms. The molecule has 0 aromatic heterocycles. The molecule has 5 heteroatoms. The molecule has 0 amide bonds. The first-order valence-corrected chi connectivity index (χ1v) is 7.81. The lowest BCUT2D eigenvalue weighted by atomic mass is 10.4. The van der Waals surface area contributed by atoms with Gasteiger partial charge in [0.05, 0.1) is 0 Å². The standard InChI is InChI=1S/C14H10Cl2O2S/c15-13(17)19(14(16)18,11-7-3-1-4-8-11)12-9-5-2-6-10-12/h1-10H. The normalized spacial score (nSPS) is 11.9. The summed E-state index contributed by atoms with van der Waals surface area (Å²) in [5.74, 6) is 0. The van der Waals surface area contributed by atoms with Gasteiger partial charge in [-0.1, -0.05) is 36.4 Å². The Bertz CT molecular complexity index is 544. The van der Waals surface area contributed by atoms with Crippen LogP contribution in [0.1, 0.15) is 0 Å². The van der Waals surface area contributed by atoms with Crippen LogP contribution in [-0.2, 0) is 0 Å². The van der Waals surface area contributed by atoms with Gasteiger partial charge in [-0.15, -0.1) is 0 Å². The predicted octanol–water partition coefficient (Wildman–Crippen LogP) is 5.63. The van der Waals surface area contributed by atoms with E-state index in [9.17, 15) is 9.59 Å². The zero-order chi connectivity index (χ0) is 13.9. The highest BCUT2D eigenvalue weighted by Crippen LogP contribution is 2.66. The van der Waals surface area contributed by atoms with E-state index in [1.807, 2.05) is 0 Å². The van der Waals surface area contributed by atoms with Gasteiger partial charge in [-0.3, -0.25) is 9.59 Å². The van der Waals surface area contributed by atoms with Crippen molar-refractivity contribution in [2.75, 3.05) is 0 Å². The minimum absolute atomic E-state index is 0.543. The van der Waals surface area contributed by atoms with E-state index in [2.05, 4.69) is 0 Å². The third-order valence-electron chi connectivity index (χ3n) is 2.67. The molecule has 0 radical (unpaired) electrons. The lowest BCUT2D eigenvalue weighted by molar-refractivity contribution is 0.272. The number of carbonyl (C=O) groups is 2. The molecule has 0 saturated heterocycles. The minimum atomic E-state index is -2.73. The molecule has 98 valence electrons. The molecular formula is C14H10Cl2O2S. The van der Waals surface area contributed by atoms with Gasteiger partial charge >= 0.3 is 0 Å². The fourth-order valence-corrected chi connectivity index (χ4v) is 5.70. The van der Waals surface area contributed by atoms with Crippen LogP contribution in [0, 0.1) is 0 Å². The smallest absolute Gasteiger partial charge is 0.269 e. The van der Waals surface area contributed by atoms with Crippen molar-refractivity contribution in [1.29, 1.82) is 0 Å². The van der Waals surface area contributed by atoms with Crippen molar-refractivity contribution in [2.45, 2.75) is 9.79 Å². The molecule has 0 bridgehead atoms. The third-order valence-corrected chi connectivity index (χ3v) is 6.99. The maximum atomic E-state index is 12.0. The van der Waals surface area contributed by atoms with Gasteiger partial charge in [-0.25, -0.2) is 0 Å². The molecule has 0 aliphatic carbocycles. The lowest BCUT2D eigenvalue weighted by Crippen LogP contribution is -2.13. The van der Waals surface area contributed by atoms with Crippen LogP contribution < -0.4 is 0 Å². The summed E-state index contributed by atoms with van der Waals surface area (Å²) in [4.78, 5) is 25.1. The first kappa shape index (κ1) is 14.1. The van der Waals surface area contributed by atoms with Crippen LogP contribution in [0.3, 0.4) is 0 Å². The van der Waals surface area contributed by atoms with Gasteiger partial charge in [0.1, 0.15) is 0 Å². The largest absolute Gasteiger partial charge is 0.278 e. The maximum Gasteiger partial charge on any atom is 0.278 e. The van der Waals surface area contributed by atoms with Gasteiger partial charge in [0, 0.05) is 9.79 Å². The van der Waals surface area contributed by atoms with E-state index in [0.717, 1.165) is 0 Å². The summed E-state index contributed by atoms with van der Waals surface area (Å²) in [7, 11) is -2.73. The van der Waals surface area contributed by atoms with Gasteiger partial charge in [-0.05, 0) is 57.5 Å². The second kappa shape index (κ2) is 5.78. The van der Waals surface area contributed by atoms with E-state index in [-0.39, 0.29) is 0 Å². The summed E-state index contributed by atoms with van der Waals surface area (Å²) in [6.45, 7) is 0. The summed E-state index contributed by atoms with van der Waals surface area (Å²) in [6, 6.07) is 17.4. The van der Waals surface area contributed by atoms with Crippen molar-refractivity contribution >= 4 is 42.4 Å². The minimum Gasteiger partial charge on any atom is -0.269 e. The molecule has 0 saturated carbocycles. The van der Waals surface area contributed by atoms with E-state index in [0.29, 0.717) is 9.79 Å². The molecule has 0 aliphatic heterocycles. The van der Waals surface area contributed by atoms with Crippen molar-refractivity contribution < 1.29 is 9.59 Å². The zero-order valence-corrected chi connectivity index (χ0v) is 12.1. The molecule has 0 atom stereocenters.